The number of ether oxygens (including phenoxy) is 1. The van der Waals surface area contributed by atoms with E-state index in [1.807, 2.05) is 17.0 Å². The molecular formula is C23H27FN4O4. The van der Waals surface area contributed by atoms with Crippen LogP contribution in [0.1, 0.15) is 67.0 Å². The van der Waals surface area contributed by atoms with Gasteiger partial charge < -0.3 is 19.4 Å². The molecule has 2 aliphatic heterocycles. The first kappa shape index (κ1) is 21.1. The van der Waals surface area contributed by atoms with E-state index in [0.717, 1.165) is 37.7 Å². The number of hydrogen-bond acceptors (Lipinski definition) is 6. The van der Waals surface area contributed by atoms with Crippen LogP contribution in [0.3, 0.4) is 0 Å². The Kier molecular flexibility index (Phi) is 5.67. The summed E-state index contributed by atoms with van der Waals surface area (Å²) in [5.74, 6) is -0.0177. The minimum Gasteiger partial charge on any atom is -0.418 e. The Morgan fingerprint density at radius 3 is 2.84 bits per heavy atom. The van der Waals surface area contributed by atoms with Crippen LogP contribution < -0.4 is 5.32 Å². The van der Waals surface area contributed by atoms with Crippen LogP contribution in [0.15, 0.2) is 22.6 Å². The Morgan fingerprint density at radius 2 is 2.09 bits per heavy atom. The highest BCUT2D eigenvalue weighted by Crippen LogP contribution is 2.34. The van der Waals surface area contributed by atoms with E-state index in [4.69, 9.17) is 9.15 Å². The first-order valence-corrected chi connectivity index (χ1v) is 11.3. The van der Waals surface area contributed by atoms with Crippen molar-refractivity contribution in [3.63, 3.8) is 0 Å². The van der Waals surface area contributed by atoms with Gasteiger partial charge in [0, 0.05) is 30.3 Å². The third-order valence-corrected chi connectivity index (χ3v) is 6.73. The van der Waals surface area contributed by atoms with Crippen molar-refractivity contribution in [2.45, 2.75) is 63.8 Å². The standard InChI is InChI=1S/C23H27FN4O4/c1-13(24)21-26-27-22(32-21)14-6-7-15-11-28(23(30)17(15)10-14)19-5-3-2-4-18(19)25-20(29)16-8-9-31-12-16/h6-7,10,13,16,18-19H,2-5,8-9,11-12H2,1H3,(H,25,29)/t13?,16-,18-,19-/m1/s1. The number of aromatic nitrogens is 2. The lowest BCUT2D eigenvalue weighted by atomic mass is 9.88. The molecule has 0 bridgehead atoms. The molecule has 0 spiro atoms. The number of amides is 2. The number of fused-ring (bicyclic) bond motifs is 1. The van der Waals surface area contributed by atoms with Crippen LogP contribution in [0, 0.1) is 5.92 Å². The molecule has 1 aliphatic carbocycles. The van der Waals surface area contributed by atoms with Crippen LogP contribution in [0.25, 0.3) is 11.5 Å². The van der Waals surface area contributed by atoms with E-state index in [2.05, 4.69) is 15.5 Å². The molecule has 9 heteroatoms. The van der Waals surface area contributed by atoms with Gasteiger partial charge in [-0.1, -0.05) is 18.9 Å². The third kappa shape index (κ3) is 3.90. The van der Waals surface area contributed by atoms with Crippen molar-refractivity contribution in [1.29, 1.82) is 0 Å². The van der Waals surface area contributed by atoms with Gasteiger partial charge in [-0.3, -0.25) is 9.59 Å². The molecule has 1 saturated carbocycles. The number of alkyl halides is 1. The van der Waals surface area contributed by atoms with Crippen LogP contribution in [0.2, 0.25) is 0 Å². The summed E-state index contributed by atoms with van der Waals surface area (Å²) in [4.78, 5) is 27.9. The Morgan fingerprint density at radius 1 is 1.25 bits per heavy atom. The van der Waals surface area contributed by atoms with Crippen molar-refractivity contribution in [2.24, 2.45) is 5.92 Å². The quantitative estimate of drug-likeness (QED) is 0.764. The smallest absolute Gasteiger partial charge is 0.254 e. The molecule has 3 aliphatic rings. The van der Waals surface area contributed by atoms with Gasteiger partial charge in [0.05, 0.1) is 18.6 Å². The minimum atomic E-state index is -1.35. The molecule has 1 aromatic heterocycles. The van der Waals surface area contributed by atoms with Gasteiger partial charge in [0.15, 0.2) is 6.17 Å². The zero-order valence-electron chi connectivity index (χ0n) is 18.1. The lowest BCUT2D eigenvalue weighted by Gasteiger charge is -2.38. The lowest BCUT2D eigenvalue weighted by molar-refractivity contribution is -0.126. The van der Waals surface area contributed by atoms with Gasteiger partial charge in [-0.25, -0.2) is 4.39 Å². The summed E-state index contributed by atoms with van der Waals surface area (Å²) in [7, 11) is 0. The molecule has 1 saturated heterocycles. The number of carbonyl (C=O) groups is 2. The maximum absolute atomic E-state index is 13.4. The van der Waals surface area contributed by atoms with Gasteiger partial charge in [0.1, 0.15) is 0 Å². The van der Waals surface area contributed by atoms with Crippen LogP contribution in [-0.4, -0.2) is 52.2 Å². The molecule has 2 amide bonds. The second-order valence-electron chi connectivity index (χ2n) is 8.89. The predicted molar refractivity (Wildman–Crippen MR) is 112 cm³/mol. The summed E-state index contributed by atoms with van der Waals surface area (Å²) in [5.41, 5.74) is 2.11. The van der Waals surface area contributed by atoms with Crippen molar-refractivity contribution in [3.8, 4) is 11.5 Å². The van der Waals surface area contributed by atoms with Crippen molar-refractivity contribution in [2.75, 3.05) is 13.2 Å². The molecule has 32 heavy (non-hydrogen) atoms. The number of carbonyl (C=O) groups excluding carboxylic acids is 2. The van der Waals surface area contributed by atoms with Gasteiger partial charge in [-0.2, -0.15) is 0 Å². The third-order valence-electron chi connectivity index (χ3n) is 6.73. The Labute approximate surface area is 185 Å². The van der Waals surface area contributed by atoms with Crippen LogP contribution in [0.5, 0.6) is 0 Å². The zero-order valence-corrected chi connectivity index (χ0v) is 18.1. The molecule has 170 valence electrons. The highest BCUT2D eigenvalue weighted by atomic mass is 19.1. The van der Waals surface area contributed by atoms with Gasteiger partial charge in [0.25, 0.3) is 11.8 Å². The molecule has 2 aromatic rings. The Hall–Kier alpha value is -2.81. The molecular weight excluding hydrogens is 415 g/mol. The first-order valence-electron chi connectivity index (χ1n) is 11.3. The highest BCUT2D eigenvalue weighted by molar-refractivity contribution is 5.99. The van der Waals surface area contributed by atoms with E-state index in [1.165, 1.54) is 6.92 Å². The second-order valence-corrected chi connectivity index (χ2v) is 8.89. The minimum absolute atomic E-state index is 0.0279. The second kappa shape index (κ2) is 8.61. The lowest BCUT2D eigenvalue weighted by Crippen LogP contribution is -2.54. The van der Waals surface area contributed by atoms with Crippen LogP contribution in [0.4, 0.5) is 4.39 Å². The molecule has 1 aromatic carbocycles. The van der Waals surface area contributed by atoms with Gasteiger partial charge >= 0.3 is 0 Å². The molecule has 1 N–H and O–H groups in total. The number of rotatable bonds is 5. The van der Waals surface area contributed by atoms with E-state index in [1.54, 1.807) is 6.07 Å². The molecule has 3 heterocycles. The monoisotopic (exact) mass is 442 g/mol. The molecule has 8 nitrogen and oxygen atoms in total. The first-order chi connectivity index (χ1) is 15.5. The van der Waals surface area contributed by atoms with E-state index in [-0.39, 0.29) is 41.6 Å². The summed E-state index contributed by atoms with van der Waals surface area (Å²) in [5, 5.41) is 10.8. The van der Waals surface area contributed by atoms with Gasteiger partial charge in [-0.05, 0) is 43.9 Å². The number of nitrogens with zero attached hydrogens (tertiary/aromatic N) is 3. The number of nitrogens with one attached hydrogen (secondary N) is 1. The number of benzene rings is 1. The zero-order chi connectivity index (χ0) is 22.2. The predicted octanol–water partition coefficient (Wildman–Crippen LogP) is 3.19. The number of hydrogen-bond donors (Lipinski definition) is 1. The Bertz CT molecular complexity index is 1020. The van der Waals surface area contributed by atoms with E-state index in [0.29, 0.717) is 30.9 Å². The fourth-order valence-corrected chi connectivity index (χ4v) is 4.93. The molecule has 5 rings (SSSR count). The molecule has 4 atom stereocenters. The average Bonchev–Trinajstić information content (AvgIpc) is 3.55. The van der Waals surface area contributed by atoms with Crippen molar-refractivity contribution in [3.05, 3.63) is 35.2 Å². The van der Waals surface area contributed by atoms with Crippen LogP contribution in [-0.2, 0) is 16.1 Å². The summed E-state index contributed by atoms with van der Waals surface area (Å²) >= 11 is 0. The molecule has 2 fully saturated rings. The fourth-order valence-electron chi connectivity index (χ4n) is 4.93. The van der Waals surface area contributed by atoms with Crippen molar-refractivity contribution >= 4 is 11.8 Å². The summed E-state index contributed by atoms with van der Waals surface area (Å²) in [6, 6.07) is 5.34. The SMILES string of the molecule is CC(F)c1nnc(-c2ccc3c(c2)C(=O)N([C@@H]2CCCC[C@H]2NC(=O)[C@@H]2CCOC2)C3)o1. The van der Waals surface area contributed by atoms with E-state index >= 15 is 0 Å². The van der Waals surface area contributed by atoms with Gasteiger partial charge in [-0.15, -0.1) is 10.2 Å². The number of halogens is 1. The summed E-state index contributed by atoms with van der Waals surface area (Å²) in [6.07, 6.45) is 3.19. The maximum atomic E-state index is 13.4. The topological polar surface area (TPSA) is 97.6 Å². The molecule has 1 unspecified atom stereocenters. The van der Waals surface area contributed by atoms with Gasteiger partial charge in [0.2, 0.25) is 11.8 Å². The normalized spacial score (nSPS) is 26.2. The van der Waals surface area contributed by atoms with Crippen molar-refractivity contribution < 1.29 is 23.1 Å². The van der Waals surface area contributed by atoms with Crippen LogP contribution >= 0.6 is 0 Å². The van der Waals surface area contributed by atoms with E-state index < -0.39 is 6.17 Å². The summed E-state index contributed by atoms with van der Waals surface area (Å²) < 4.78 is 24.2. The maximum Gasteiger partial charge on any atom is 0.254 e. The van der Waals surface area contributed by atoms with E-state index in [9.17, 15) is 14.0 Å². The Balaban J connectivity index is 1.34. The largest absolute Gasteiger partial charge is 0.418 e. The summed E-state index contributed by atoms with van der Waals surface area (Å²) in [6.45, 7) is 2.94. The fraction of sp³-hybridized carbons (Fsp3) is 0.565. The molecule has 0 radical (unpaired) electrons. The van der Waals surface area contributed by atoms with Crippen molar-refractivity contribution in [1.82, 2.24) is 20.4 Å². The average molecular weight is 442 g/mol. The highest BCUT2D eigenvalue weighted by Gasteiger charge is 2.39.